The standard InChI is InChI=1S/C40H52ClN5O7S/c1-25-7-5-9-35(51-4)32-13-10-28(32)21-46-23-40(16-6-8-26-17-29(41)12-14-33(26)40)24-52-36-15-11-27(18-34(36)46)37(47)43-54(50,22-25)44-38(48)42-30-19-31(20-30)53-39(49)45(2)3/h5,9,11-12,14-15,17-18,25,28,30-32,35H,6-8,10,13,16,19-24H2,1-4H3,(H2,42,43,44,47,48,50)/b9-5+/t25-,28-,30?,31?,32+,35-,40-,54?/m0/s1. The highest BCUT2D eigenvalue weighted by Gasteiger charge is 2.44. The van der Waals surface area contributed by atoms with Crippen molar-refractivity contribution in [1.82, 2.24) is 14.9 Å². The zero-order valence-electron chi connectivity index (χ0n) is 31.6. The predicted octanol–water partition coefficient (Wildman–Crippen LogP) is 6.50. The van der Waals surface area contributed by atoms with Crippen molar-refractivity contribution in [1.29, 1.82) is 0 Å². The third-order valence-electron chi connectivity index (χ3n) is 11.8. The second-order valence-electron chi connectivity index (χ2n) is 16.1. The van der Waals surface area contributed by atoms with Crippen molar-refractivity contribution >= 4 is 45.2 Å². The predicted molar refractivity (Wildman–Crippen MR) is 209 cm³/mol. The lowest BCUT2D eigenvalue weighted by Crippen LogP contribution is -2.53. The Morgan fingerprint density at radius 2 is 1.96 bits per heavy atom. The van der Waals surface area contributed by atoms with Crippen molar-refractivity contribution in [3.63, 3.8) is 0 Å². The number of urea groups is 1. The van der Waals surface area contributed by atoms with Crippen molar-refractivity contribution in [3.05, 3.63) is 70.3 Å². The number of ether oxygens (including phenoxy) is 3. The molecule has 0 aromatic heterocycles. The van der Waals surface area contributed by atoms with Crippen molar-refractivity contribution in [2.45, 2.75) is 82.0 Å². The molecular weight excluding hydrogens is 730 g/mol. The Kier molecular flexibility index (Phi) is 11.2. The number of amides is 4. The van der Waals surface area contributed by atoms with E-state index in [9.17, 15) is 18.6 Å². The van der Waals surface area contributed by atoms with E-state index >= 15 is 0 Å². The number of rotatable bonds is 4. The zero-order chi connectivity index (χ0) is 38.2. The van der Waals surface area contributed by atoms with E-state index < -0.39 is 27.9 Å². The van der Waals surface area contributed by atoms with Crippen LogP contribution in [-0.2, 0) is 31.2 Å². The molecular formula is C40H52ClN5O7S. The normalized spacial score (nSPS) is 32.5. The molecule has 4 amide bonds. The first-order valence-corrected chi connectivity index (χ1v) is 21.2. The molecule has 0 saturated heterocycles. The summed E-state index contributed by atoms with van der Waals surface area (Å²) in [5, 5.41) is 3.54. The Labute approximate surface area is 323 Å². The minimum Gasteiger partial charge on any atom is -0.490 e. The van der Waals surface area contributed by atoms with E-state index in [1.807, 2.05) is 25.1 Å². The Bertz CT molecular complexity index is 1930. The highest BCUT2D eigenvalue weighted by Crippen LogP contribution is 2.47. The number of anilines is 1. The minimum atomic E-state index is -3.57. The quantitative estimate of drug-likeness (QED) is 0.336. The molecule has 2 fully saturated rings. The largest absolute Gasteiger partial charge is 0.490 e. The second-order valence-corrected chi connectivity index (χ2v) is 18.5. The molecule has 1 unspecified atom stereocenters. The van der Waals surface area contributed by atoms with Gasteiger partial charge in [-0.3, -0.25) is 9.52 Å². The number of nitrogens with zero attached hydrogens (tertiary/aromatic N) is 3. The first kappa shape index (κ1) is 38.5. The van der Waals surface area contributed by atoms with Gasteiger partial charge in [0.1, 0.15) is 21.8 Å². The maximum atomic E-state index is 14.5. The summed E-state index contributed by atoms with van der Waals surface area (Å²) in [4.78, 5) is 42.9. The topological polar surface area (TPSA) is 139 Å². The van der Waals surface area contributed by atoms with Gasteiger partial charge >= 0.3 is 12.1 Å². The number of allylic oxidation sites excluding steroid dienone is 1. The molecule has 0 radical (unpaired) electrons. The number of halogens is 1. The van der Waals surface area contributed by atoms with E-state index in [1.54, 1.807) is 27.3 Å². The van der Waals surface area contributed by atoms with Gasteiger partial charge in [-0.25, -0.2) is 13.8 Å². The fourth-order valence-electron chi connectivity index (χ4n) is 8.75. The zero-order valence-corrected chi connectivity index (χ0v) is 33.1. The minimum absolute atomic E-state index is 0.0277. The maximum Gasteiger partial charge on any atom is 0.409 e. The third-order valence-corrected chi connectivity index (χ3v) is 14.1. The molecule has 1 spiro atoms. The molecule has 54 heavy (non-hydrogen) atoms. The molecule has 3 aliphatic carbocycles. The van der Waals surface area contributed by atoms with Crippen LogP contribution in [0.1, 0.15) is 73.4 Å². The van der Waals surface area contributed by atoms with Crippen LogP contribution in [0.25, 0.3) is 0 Å². The first-order valence-electron chi connectivity index (χ1n) is 19.1. The summed E-state index contributed by atoms with van der Waals surface area (Å²) in [5.41, 5.74) is 3.31. The number of benzene rings is 2. The van der Waals surface area contributed by atoms with Crippen LogP contribution in [0.15, 0.2) is 52.9 Å². The molecule has 2 N–H and O–H groups in total. The van der Waals surface area contributed by atoms with Crippen molar-refractivity contribution in [3.8, 4) is 5.75 Å². The summed E-state index contributed by atoms with van der Waals surface area (Å²) in [5.74, 6) is 0.508. The average Bonchev–Trinajstić information content (AvgIpc) is 3.24. The van der Waals surface area contributed by atoms with Gasteiger partial charge in [0, 0.05) is 69.2 Å². The molecule has 2 aliphatic heterocycles. The number of hydrogen-bond donors (Lipinski definition) is 2. The number of methoxy groups -OCH3 is 1. The van der Waals surface area contributed by atoms with Gasteiger partial charge in [-0.1, -0.05) is 36.7 Å². The van der Waals surface area contributed by atoms with Crippen LogP contribution in [0, 0.1) is 17.8 Å². The Morgan fingerprint density at radius 3 is 2.70 bits per heavy atom. The highest BCUT2D eigenvalue weighted by atomic mass is 35.5. The highest BCUT2D eigenvalue weighted by molar-refractivity contribution is 7.92. The smallest absolute Gasteiger partial charge is 0.409 e. The molecule has 12 nitrogen and oxygen atoms in total. The second kappa shape index (κ2) is 15.7. The van der Waals surface area contributed by atoms with Crippen molar-refractivity contribution in [2.24, 2.45) is 22.1 Å². The summed E-state index contributed by atoms with van der Waals surface area (Å²) in [7, 11) is 1.40. The van der Waals surface area contributed by atoms with Crippen molar-refractivity contribution < 1.29 is 32.8 Å². The molecule has 7 rings (SSSR count). The van der Waals surface area contributed by atoms with E-state index in [0.29, 0.717) is 50.0 Å². The Balaban J connectivity index is 1.20. The number of carbonyl (C=O) groups excluding carboxylic acids is 3. The van der Waals surface area contributed by atoms with E-state index in [4.69, 9.17) is 25.8 Å². The first-order chi connectivity index (χ1) is 25.8. The van der Waals surface area contributed by atoms with E-state index in [0.717, 1.165) is 49.4 Å². The van der Waals surface area contributed by atoms with Gasteiger partial charge in [0.2, 0.25) is 0 Å². The third kappa shape index (κ3) is 8.23. The Morgan fingerprint density at radius 1 is 1.15 bits per heavy atom. The lowest BCUT2D eigenvalue weighted by molar-refractivity contribution is 0.0131. The summed E-state index contributed by atoms with van der Waals surface area (Å²) in [6.45, 7) is 3.89. The summed E-state index contributed by atoms with van der Waals surface area (Å²) >= 11 is 6.46. The summed E-state index contributed by atoms with van der Waals surface area (Å²) in [6.07, 6.45) is 9.84. The van der Waals surface area contributed by atoms with Crippen LogP contribution in [0.4, 0.5) is 15.3 Å². The molecule has 5 aliphatic rings. The van der Waals surface area contributed by atoms with E-state index in [-0.39, 0.29) is 40.9 Å². The van der Waals surface area contributed by atoms with Gasteiger partial charge in [-0.15, -0.1) is 4.36 Å². The van der Waals surface area contributed by atoms with E-state index in [1.165, 1.54) is 16.0 Å². The van der Waals surface area contributed by atoms with Gasteiger partial charge < -0.3 is 29.3 Å². The van der Waals surface area contributed by atoms with E-state index in [2.05, 4.69) is 43.6 Å². The summed E-state index contributed by atoms with van der Waals surface area (Å²) in [6, 6.07) is 10.5. The number of fused-ring (bicyclic) bond motifs is 4. The van der Waals surface area contributed by atoms with Gasteiger partial charge in [0.25, 0.3) is 5.91 Å². The molecule has 2 aromatic rings. The molecule has 2 heterocycles. The van der Waals surface area contributed by atoms with Crippen LogP contribution in [0.2, 0.25) is 5.02 Å². The summed E-state index contributed by atoms with van der Waals surface area (Å²) < 4.78 is 39.4. The molecule has 2 aromatic carbocycles. The van der Waals surface area contributed by atoms with Gasteiger partial charge in [-0.2, -0.15) is 0 Å². The number of hydrogen-bond acceptors (Lipinski definition) is 8. The van der Waals surface area contributed by atoms with Crippen LogP contribution < -0.4 is 19.7 Å². The lowest BCUT2D eigenvalue weighted by atomic mass is 9.68. The molecule has 2 bridgehead atoms. The molecule has 2 saturated carbocycles. The number of carbonyl (C=O) groups is 3. The molecule has 292 valence electrons. The maximum absolute atomic E-state index is 14.5. The average molecular weight is 782 g/mol. The number of aryl methyl sites for hydroxylation is 1. The Hall–Kier alpha value is -3.81. The monoisotopic (exact) mass is 781 g/mol. The van der Waals surface area contributed by atoms with Crippen LogP contribution >= 0.6 is 11.6 Å². The van der Waals surface area contributed by atoms with Crippen molar-refractivity contribution in [2.75, 3.05) is 51.6 Å². The van der Waals surface area contributed by atoms with Crippen LogP contribution in [0.5, 0.6) is 5.75 Å². The fourth-order valence-corrected chi connectivity index (χ4v) is 10.8. The van der Waals surface area contributed by atoms with Gasteiger partial charge in [0.05, 0.1) is 24.2 Å². The molecule has 6 atom stereocenters. The fraction of sp³-hybridized carbons (Fsp3) is 0.575. The lowest BCUT2D eigenvalue weighted by Gasteiger charge is -2.46. The van der Waals surface area contributed by atoms with Gasteiger partial charge in [-0.05, 0) is 97.7 Å². The number of nitrogens with one attached hydrogen (secondary N) is 2. The van der Waals surface area contributed by atoms with Crippen LogP contribution in [-0.4, -0.2) is 92.0 Å². The van der Waals surface area contributed by atoms with Gasteiger partial charge in [0.15, 0.2) is 0 Å². The molecule has 14 heteroatoms. The SMILES string of the molecule is CO[C@H]1/C=C/C[C@H](C)CS(=O)(NC(=O)NC2CC(OC(=O)N(C)C)C2)=NC(=O)c2ccc3c(c2)N(C[C@@H]2CC[C@H]21)C[C@@]1(CCCc2cc(Cl)ccc21)CO3. The van der Waals surface area contributed by atoms with Crippen LogP contribution in [0.3, 0.4) is 0 Å².